The van der Waals surface area contributed by atoms with Gasteiger partial charge in [0.2, 0.25) is 5.95 Å². The number of benzene rings is 2. The summed E-state index contributed by atoms with van der Waals surface area (Å²) in [6.45, 7) is 0.506. The number of pyridine rings is 1. The number of carbonyl (C=O) groups excluding carboxylic acids is 1. The molecular weight excluding hydrogens is 516 g/mol. The number of alkyl halides is 3. The number of carbonyl (C=O) groups is 1. The van der Waals surface area contributed by atoms with Crippen LogP contribution in [0.15, 0.2) is 73.2 Å². The second-order valence-corrected chi connectivity index (χ2v) is 8.47. The monoisotopic (exact) mass is 536 g/mol. The summed E-state index contributed by atoms with van der Waals surface area (Å²) in [7, 11) is 1.76. The molecule has 0 aliphatic heterocycles. The van der Waals surface area contributed by atoms with Gasteiger partial charge in [-0.1, -0.05) is 18.2 Å². The lowest BCUT2D eigenvalue weighted by molar-refractivity contribution is -0.137. The van der Waals surface area contributed by atoms with Crippen LogP contribution in [-0.2, 0) is 19.8 Å². The van der Waals surface area contributed by atoms with Gasteiger partial charge in [-0.2, -0.15) is 23.3 Å². The Morgan fingerprint density at radius 3 is 2.54 bits per heavy atom. The minimum atomic E-state index is -4.67. The molecule has 0 fully saturated rings. The van der Waals surface area contributed by atoms with Gasteiger partial charge in [-0.3, -0.25) is 4.98 Å². The summed E-state index contributed by atoms with van der Waals surface area (Å²) in [5.74, 6) is -0.558. The molecule has 0 bridgehead atoms. The average Bonchev–Trinajstić information content (AvgIpc) is 3.25. The Labute approximate surface area is 218 Å². The highest BCUT2D eigenvalue weighted by Crippen LogP contribution is 2.32. The number of fused-ring (bicyclic) bond motifs is 1. The number of urea groups is 1. The van der Waals surface area contributed by atoms with Gasteiger partial charge in [0.25, 0.3) is 0 Å². The van der Waals surface area contributed by atoms with Crippen molar-refractivity contribution in [1.29, 1.82) is 0 Å². The van der Waals surface area contributed by atoms with E-state index in [4.69, 9.17) is 0 Å². The van der Waals surface area contributed by atoms with E-state index in [1.165, 1.54) is 0 Å². The molecule has 0 spiro atoms. The van der Waals surface area contributed by atoms with Gasteiger partial charge in [0.15, 0.2) is 5.65 Å². The second-order valence-electron chi connectivity index (χ2n) is 8.47. The summed E-state index contributed by atoms with van der Waals surface area (Å²) < 4.78 is 54.3. The van der Waals surface area contributed by atoms with Crippen molar-refractivity contribution in [2.24, 2.45) is 7.05 Å². The van der Waals surface area contributed by atoms with Crippen molar-refractivity contribution in [3.05, 3.63) is 90.1 Å². The Kier molecular flexibility index (Phi) is 6.79. The molecule has 9 nitrogen and oxygen atoms in total. The number of rotatable bonds is 6. The molecule has 3 N–H and O–H groups in total. The molecule has 3 aromatic heterocycles. The molecule has 0 saturated heterocycles. The van der Waals surface area contributed by atoms with Crippen molar-refractivity contribution in [3.8, 4) is 11.3 Å². The summed E-state index contributed by atoms with van der Waals surface area (Å²) in [6.07, 6.45) is 0.441. The second kappa shape index (κ2) is 10.4. The molecule has 13 heteroatoms. The largest absolute Gasteiger partial charge is 0.416 e. The molecule has 2 aromatic carbocycles. The lowest BCUT2D eigenvalue weighted by Gasteiger charge is -2.12. The Bertz CT molecular complexity index is 1640. The van der Waals surface area contributed by atoms with Gasteiger partial charge in [0.1, 0.15) is 11.5 Å². The van der Waals surface area contributed by atoms with Gasteiger partial charge in [0.05, 0.1) is 16.6 Å². The normalized spacial score (nSPS) is 11.4. The summed E-state index contributed by atoms with van der Waals surface area (Å²) in [5, 5.41) is 13.0. The number of anilines is 3. The van der Waals surface area contributed by atoms with Crippen LogP contribution >= 0.6 is 0 Å². The van der Waals surface area contributed by atoms with Crippen LogP contribution in [0, 0.1) is 5.82 Å². The van der Waals surface area contributed by atoms with Crippen molar-refractivity contribution in [3.63, 3.8) is 0 Å². The first-order valence-electron chi connectivity index (χ1n) is 11.5. The van der Waals surface area contributed by atoms with E-state index in [9.17, 15) is 22.4 Å². The van der Waals surface area contributed by atoms with Gasteiger partial charge in [-0.15, -0.1) is 0 Å². The van der Waals surface area contributed by atoms with Crippen LogP contribution in [0.4, 0.5) is 39.7 Å². The number of nitrogens with one attached hydrogen (secondary N) is 3. The maximum atomic E-state index is 13.9. The summed E-state index contributed by atoms with van der Waals surface area (Å²) in [5.41, 5.74) is 1.60. The number of aryl methyl sites for hydroxylation is 1. The fraction of sp³-hybridized carbons (Fsp3) is 0.115. The smallest absolute Gasteiger partial charge is 0.350 e. The topological polar surface area (TPSA) is 110 Å². The predicted octanol–water partition coefficient (Wildman–Crippen LogP) is 5.84. The van der Waals surface area contributed by atoms with Crippen LogP contribution in [0.25, 0.3) is 22.3 Å². The van der Waals surface area contributed by atoms with Crippen molar-refractivity contribution in [2.75, 3.05) is 16.0 Å². The van der Waals surface area contributed by atoms with E-state index in [1.54, 1.807) is 54.6 Å². The number of aromatic nitrogens is 5. The number of nitrogens with zero attached hydrogens (tertiary/aromatic N) is 5. The number of halogens is 4. The van der Waals surface area contributed by atoms with E-state index in [2.05, 4.69) is 36.0 Å². The zero-order chi connectivity index (χ0) is 27.6. The standard InChI is InChI=1S/C26H20F4N8O/c1-38-23-19(14-33-24(36-23)32-13-15-3-2-10-31-12-15)22(37-38)16-4-7-18(8-5-16)34-25(39)35-21-11-17(26(28,29)30)6-9-20(21)27/h2-12,14H,13H2,1H3,(H,32,33,36)(H2,34,35,39). The van der Waals surface area contributed by atoms with Crippen LogP contribution in [0.2, 0.25) is 0 Å². The summed E-state index contributed by atoms with van der Waals surface area (Å²) in [4.78, 5) is 25.3. The first-order valence-corrected chi connectivity index (χ1v) is 11.5. The third kappa shape index (κ3) is 5.76. The Balaban J connectivity index is 1.28. The van der Waals surface area contributed by atoms with Gasteiger partial charge in [-0.25, -0.2) is 18.9 Å². The fourth-order valence-corrected chi connectivity index (χ4v) is 3.81. The van der Waals surface area contributed by atoms with Crippen LogP contribution in [0.5, 0.6) is 0 Å². The molecule has 0 radical (unpaired) electrons. The minimum absolute atomic E-state index is 0.335. The summed E-state index contributed by atoms with van der Waals surface area (Å²) in [6, 6.07) is 11.2. The third-order valence-electron chi connectivity index (χ3n) is 5.71. The lowest BCUT2D eigenvalue weighted by atomic mass is 10.1. The summed E-state index contributed by atoms with van der Waals surface area (Å²) >= 11 is 0. The van der Waals surface area contributed by atoms with E-state index in [-0.39, 0.29) is 0 Å². The number of hydrogen-bond donors (Lipinski definition) is 3. The molecule has 3 heterocycles. The van der Waals surface area contributed by atoms with Crippen LogP contribution in [0.3, 0.4) is 0 Å². The Morgan fingerprint density at radius 2 is 1.82 bits per heavy atom. The zero-order valence-corrected chi connectivity index (χ0v) is 20.3. The van der Waals surface area contributed by atoms with Gasteiger partial charge < -0.3 is 16.0 Å². The Morgan fingerprint density at radius 1 is 1.03 bits per heavy atom. The predicted molar refractivity (Wildman–Crippen MR) is 137 cm³/mol. The molecular formula is C26H20F4N8O. The van der Waals surface area contributed by atoms with E-state index < -0.39 is 29.3 Å². The van der Waals surface area contributed by atoms with Crippen LogP contribution < -0.4 is 16.0 Å². The average molecular weight is 536 g/mol. The van der Waals surface area contributed by atoms with Crippen molar-refractivity contribution < 1.29 is 22.4 Å². The maximum Gasteiger partial charge on any atom is 0.416 e. The van der Waals surface area contributed by atoms with Crippen LogP contribution in [-0.4, -0.2) is 30.8 Å². The van der Waals surface area contributed by atoms with Gasteiger partial charge in [-0.05, 0) is 42.0 Å². The first-order chi connectivity index (χ1) is 18.7. The zero-order valence-electron chi connectivity index (χ0n) is 20.3. The molecule has 0 unspecified atom stereocenters. The highest BCUT2D eigenvalue weighted by molar-refractivity contribution is 6.00. The molecule has 198 valence electrons. The van der Waals surface area contributed by atoms with Crippen molar-refractivity contribution in [1.82, 2.24) is 24.7 Å². The molecule has 39 heavy (non-hydrogen) atoms. The minimum Gasteiger partial charge on any atom is -0.350 e. The van der Waals surface area contributed by atoms with Gasteiger partial charge >= 0.3 is 12.2 Å². The molecule has 0 saturated carbocycles. The number of amides is 2. The number of hydrogen-bond acceptors (Lipinski definition) is 6. The molecule has 0 aliphatic rings. The molecule has 0 aliphatic carbocycles. The highest BCUT2D eigenvalue weighted by Gasteiger charge is 2.31. The fourth-order valence-electron chi connectivity index (χ4n) is 3.81. The van der Waals surface area contributed by atoms with E-state index in [0.29, 0.717) is 53.1 Å². The van der Waals surface area contributed by atoms with Crippen LogP contribution in [0.1, 0.15) is 11.1 Å². The van der Waals surface area contributed by atoms with Crippen molar-refractivity contribution >= 4 is 34.4 Å². The highest BCUT2D eigenvalue weighted by atomic mass is 19.4. The van der Waals surface area contributed by atoms with E-state index in [1.807, 2.05) is 12.1 Å². The molecule has 0 atom stereocenters. The maximum absolute atomic E-state index is 13.9. The lowest BCUT2D eigenvalue weighted by Crippen LogP contribution is -2.20. The van der Waals surface area contributed by atoms with E-state index in [0.717, 1.165) is 11.1 Å². The first kappa shape index (κ1) is 25.6. The van der Waals surface area contributed by atoms with Crippen molar-refractivity contribution in [2.45, 2.75) is 12.7 Å². The molecule has 5 rings (SSSR count). The SMILES string of the molecule is Cn1nc(-c2ccc(NC(=O)Nc3cc(C(F)(F)F)ccc3F)cc2)c2cnc(NCc3cccnc3)nc21. The molecule has 5 aromatic rings. The third-order valence-corrected chi connectivity index (χ3v) is 5.71. The van der Waals surface area contributed by atoms with Gasteiger partial charge in [0, 0.05) is 43.4 Å². The van der Waals surface area contributed by atoms with E-state index >= 15 is 0 Å². The Hall–Kier alpha value is -5.07. The molecule has 2 amide bonds. The quantitative estimate of drug-likeness (QED) is 0.235.